The summed E-state index contributed by atoms with van der Waals surface area (Å²) in [4.78, 5) is 29.9. The Bertz CT molecular complexity index is 898. The van der Waals surface area contributed by atoms with Gasteiger partial charge in [0.25, 0.3) is 0 Å². The minimum atomic E-state index is -0.578. The summed E-state index contributed by atoms with van der Waals surface area (Å²) in [6, 6.07) is 10.9. The van der Waals surface area contributed by atoms with Crippen LogP contribution in [0.25, 0.3) is 0 Å². The first-order valence-electron chi connectivity index (χ1n) is 9.70. The van der Waals surface area contributed by atoms with E-state index in [9.17, 15) is 9.59 Å². The molecule has 1 fully saturated rings. The highest BCUT2D eigenvalue weighted by atomic mass is 16.5. The lowest BCUT2D eigenvalue weighted by atomic mass is 9.81. The molecule has 1 aromatic heterocycles. The van der Waals surface area contributed by atoms with E-state index in [0.717, 1.165) is 11.3 Å². The number of nitrogens with one attached hydrogen (secondary N) is 2. The number of pyridine rings is 1. The molecule has 7 nitrogen and oxygen atoms in total. The van der Waals surface area contributed by atoms with Crippen molar-refractivity contribution >= 4 is 17.5 Å². The van der Waals surface area contributed by atoms with Crippen molar-refractivity contribution in [2.75, 3.05) is 11.9 Å². The molecular formula is C22H23N3O4. The largest absolute Gasteiger partial charge is 0.494 e. The molecule has 2 aromatic rings. The van der Waals surface area contributed by atoms with Crippen LogP contribution in [0, 0.1) is 11.8 Å². The topological polar surface area (TPSA) is 89.5 Å². The van der Waals surface area contributed by atoms with E-state index >= 15 is 0 Å². The molecule has 2 amide bonds. The normalized spacial score (nSPS) is 24.3. The van der Waals surface area contributed by atoms with Gasteiger partial charge in [-0.3, -0.25) is 14.6 Å². The fourth-order valence-electron chi connectivity index (χ4n) is 3.77. The molecule has 29 heavy (non-hydrogen) atoms. The standard InChI is InChI=1S/C22H23N3O4/c1-2-28-16-7-5-15(6-8-16)25-22(27)20-18-10-9-17(29-18)19(20)21(26)24-13-14-4-3-11-23-12-14/h3-12,17-20H,2,13H2,1H3,(H,24,26)(H,25,27)/t17-,18+,19+,20-/m0/s1. The number of hydrogen-bond donors (Lipinski definition) is 2. The summed E-state index contributed by atoms with van der Waals surface area (Å²) in [5, 5.41) is 5.80. The minimum Gasteiger partial charge on any atom is -0.494 e. The van der Waals surface area contributed by atoms with Gasteiger partial charge >= 0.3 is 0 Å². The van der Waals surface area contributed by atoms with Crippen LogP contribution in [-0.2, 0) is 20.9 Å². The fourth-order valence-corrected chi connectivity index (χ4v) is 3.77. The summed E-state index contributed by atoms with van der Waals surface area (Å²) in [6.07, 6.45) is 6.33. The van der Waals surface area contributed by atoms with Gasteiger partial charge in [-0.2, -0.15) is 0 Å². The Hall–Kier alpha value is -3.19. The van der Waals surface area contributed by atoms with Crippen LogP contribution in [0.4, 0.5) is 5.69 Å². The molecule has 2 N–H and O–H groups in total. The summed E-state index contributed by atoms with van der Waals surface area (Å²) in [5.41, 5.74) is 1.55. The Balaban J connectivity index is 1.42. The number of aromatic nitrogens is 1. The predicted octanol–water partition coefficient (Wildman–Crippen LogP) is 2.30. The molecule has 7 heteroatoms. The van der Waals surface area contributed by atoms with Gasteiger partial charge in [-0.25, -0.2) is 0 Å². The predicted molar refractivity (Wildman–Crippen MR) is 107 cm³/mol. The molecule has 4 rings (SSSR count). The Morgan fingerprint density at radius 1 is 1.07 bits per heavy atom. The van der Waals surface area contributed by atoms with Gasteiger partial charge in [-0.15, -0.1) is 0 Å². The van der Waals surface area contributed by atoms with Gasteiger partial charge in [0.2, 0.25) is 11.8 Å². The SMILES string of the molecule is CCOc1ccc(NC(=O)[C@@H]2[C@H](C(=O)NCc3cccnc3)[C@@H]3C=C[C@H]2O3)cc1. The van der Waals surface area contributed by atoms with Gasteiger partial charge < -0.3 is 20.1 Å². The zero-order valence-electron chi connectivity index (χ0n) is 16.1. The van der Waals surface area contributed by atoms with E-state index in [-0.39, 0.29) is 17.9 Å². The van der Waals surface area contributed by atoms with Crippen LogP contribution >= 0.6 is 0 Å². The van der Waals surface area contributed by atoms with E-state index in [1.807, 2.05) is 31.2 Å². The third kappa shape index (κ3) is 4.14. The Kier molecular flexibility index (Phi) is 5.57. The molecule has 0 radical (unpaired) electrons. The number of nitrogens with zero attached hydrogens (tertiary/aromatic N) is 1. The minimum absolute atomic E-state index is 0.197. The first kappa shape index (κ1) is 19.1. The molecule has 2 bridgehead atoms. The Labute approximate surface area is 169 Å². The van der Waals surface area contributed by atoms with Gasteiger partial charge in [0.1, 0.15) is 5.75 Å². The first-order chi connectivity index (χ1) is 14.2. The monoisotopic (exact) mass is 393 g/mol. The van der Waals surface area contributed by atoms with Crippen molar-refractivity contribution in [3.8, 4) is 5.75 Å². The molecule has 1 saturated heterocycles. The van der Waals surface area contributed by atoms with Crippen LogP contribution in [0.5, 0.6) is 5.75 Å². The van der Waals surface area contributed by atoms with Crippen LogP contribution < -0.4 is 15.4 Å². The highest BCUT2D eigenvalue weighted by Gasteiger charge is 2.52. The lowest BCUT2D eigenvalue weighted by Crippen LogP contribution is -2.44. The van der Waals surface area contributed by atoms with Crippen molar-refractivity contribution in [2.45, 2.75) is 25.7 Å². The molecule has 0 saturated carbocycles. The second kappa shape index (κ2) is 8.45. The molecule has 2 aliphatic heterocycles. The number of carbonyl (C=O) groups excluding carboxylic acids is 2. The second-order valence-electron chi connectivity index (χ2n) is 7.03. The molecule has 150 valence electrons. The molecule has 3 heterocycles. The zero-order chi connectivity index (χ0) is 20.2. The fraction of sp³-hybridized carbons (Fsp3) is 0.318. The maximum atomic E-state index is 13.0. The summed E-state index contributed by atoms with van der Waals surface area (Å²) in [7, 11) is 0. The highest BCUT2D eigenvalue weighted by Crippen LogP contribution is 2.40. The van der Waals surface area contributed by atoms with Crippen molar-refractivity contribution in [3.05, 3.63) is 66.5 Å². The lowest BCUT2D eigenvalue weighted by molar-refractivity contribution is -0.131. The van der Waals surface area contributed by atoms with Gasteiger partial charge in [0, 0.05) is 24.6 Å². The van der Waals surface area contributed by atoms with E-state index in [4.69, 9.17) is 9.47 Å². The average Bonchev–Trinajstić information content (AvgIpc) is 3.36. The van der Waals surface area contributed by atoms with Crippen molar-refractivity contribution in [3.63, 3.8) is 0 Å². The van der Waals surface area contributed by atoms with E-state index < -0.39 is 17.9 Å². The van der Waals surface area contributed by atoms with Gasteiger partial charge in [-0.05, 0) is 42.8 Å². The van der Waals surface area contributed by atoms with Crippen molar-refractivity contribution in [1.82, 2.24) is 10.3 Å². The van der Waals surface area contributed by atoms with Gasteiger partial charge in [0.15, 0.2) is 0 Å². The van der Waals surface area contributed by atoms with E-state index in [1.165, 1.54) is 0 Å². The number of ether oxygens (including phenoxy) is 2. The average molecular weight is 393 g/mol. The number of hydrogen-bond acceptors (Lipinski definition) is 5. The maximum Gasteiger partial charge on any atom is 0.231 e. The van der Waals surface area contributed by atoms with Crippen LogP contribution in [-0.4, -0.2) is 35.6 Å². The maximum absolute atomic E-state index is 13.0. The van der Waals surface area contributed by atoms with Crippen LogP contribution in [0.1, 0.15) is 12.5 Å². The number of anilines is 1. The quantitative estimate of drug-likeness (QED) is 0.705. The molecular weight excluding hydrogens is 370 g/mol. The number of fused-ring (bicyclic) bond motifs is 2. The smallest absolute Gasteiger partial charge is 0.231 e. The molecule has 1 aromatic carbocycles. The second-order valence-corrected chi connectivity index (χ2v) is 7.03. The summed E-state index contributed by atoms with van der Waals surface area (Å²) >= 11 is 0. The third-order valence-corrected chi connectivity index (χ3v) is 5.13. The number of amides is 2. The van der Waals surface area contributed by atoms with E-state index in [0.29, 0.717) is 18.8 Å². The van der Waals surface area contributed by atoms with Gasteiger partial charge in [0.05, 0.1) is 30.7 Å². The van der Waals surface area contributed by atoms with E-state index in [2.05, 4.69) is 15.6 Å². The molecule has 2 aliphatic rings. The molecule has 4 atom stereocenters. The molecule has 0 spiro atoms. The van der Waals surface area contributed by atoms with Crippen molar-refractivity contribution in [1.29, 1.82) is 0 Å². The van der Waals surface area contributed by atoms with Gasteiger partial charge in [-0.1, -0.05) is 18.2 Å². The van der Waals surface area contributed by atoms with E-state index in [1.54, 1.807) is 36.7 Å². The van der Waals surface area contributed by atoms with Crippen molar-refractivity contribution in [2.24, 2.45) is 11.8 Å². The number of rotatable bonds is 7. The van der Waals surface area contributed by atoms with Crippen LogP contribution in [0.3, 0.4) is 0 Å². The molecule has 0 aliphatic carbocycles. The Morgan fingerprint density at radius 2 is 1.79 bits per heavy atom. The Morgan fingerprint density at radius 3 is 2.45 bits per heavy atom. The third-order valence-electron chi connectivity index (χ3n) is 5.13. The number of carbonyl (C=O) groups is 2. The summed E-state index contributed by atoms with van der Waals surface area (Å²) in [5.74, 6) is -0.829. The number of benzene rings is 1. The van der Waals surface area contributed by atoms with Crippen molar-refractivity contribution < 1.29 is 19.1 Å². The first-order valence-corrected chi connectivity index (χ1v) is 9.70. The summed E-state index contributed by atoms with van der Waals surface area (Å²) in [6.45, 7) is 2.85. The summed E-state index contributed by atoms with van der Waals surface area (Å²) < 4.78 is 11.2. The van der Waals surface area contributed by atoms with Crippen LogP contribution in [0.2, 0.25) is 0 Å². The zero-order valence-corrected chi connectivity index (χ0v) is 16.1. The highest BCUT2D eigenvalue weighted by molar-refractivity contribution is 5.97. The molecule has 0 unspecified atom stereocenters. The lowest BCUT2D eigenvalue weighted by Gasteiger charge is -2.23. The van der Waals surface area contributed by atoms with Crippen LogP contribution in [0.15, 0.2) is 60.9 Å².